The summed E-state index contributed by atoms with van der Waals surface area (Å²) in [5.74, 6) is -0.876. The fourth-order valence-electron chi connectivity index (χ4n) is 5.80. The second-order valence-corrected chi connectivity index (χ2v) is 14.9. The highest BCUT2D eigenvalue weighted by atomic mass is 35.5. The number of nitrogens with zero attached hydrogens (tertiary/aromatic N) is 2. The number of halogens is 3. The molecular weight excluding hydrogens is 677 g/mol. The molecule has 0 heterocycles. The minimum atomic E-state index is -4.24. The first-order valence-electron chi connectivity index (χ1n) is 15.4. The molecule has 0 aliphatic heterocycles. The molecule has 1 unspecified atom stereocenters. The number of hydrogen-bond acceptors (Lipinski definition) is 4. The Bertz CT molecular complexity index is 1820. The Morgan fingerprint density at radius 1 is 0.851 bits per heavy atom. The van der Waals surface area contributed by atoms with E-state index in [1.54, 1.807) is 36.4 Å². The van der Waals surface area contributed by atoms with Crippen molar-refractivity contribution in [1.29, 1.82) is 0 Å². The second kappa shape index (κ2) is 15.6. The summed E-state index contributed by atoms with van der Waals surface area (Å²) in [7, 11) is -4.24. The van der Waals surface area contributed by atoms with E-state index >= 15 is 0 Å². The Balaban J connectivity index is 1.58. The minimum absolute atomic E-state index is 0.00548. The lowest BCUT2D eigenvalue weighted by Gasteiger charge is -2.34. The van der Waals surface area contributed by atoms with Crippen molar-refractivity contribution in [3.8, 4) is 0 Å². The van der Waals surface area contributed by atoms with E-state index in [1.807, 2.05) is 43.3 Å². The van der Waals surface area contributed by atoms with E-state index in [0.29, 0.717) is 26.3 Å². The number of amides is 2. The molecule has 7 nitrogen and oxygen atoms in total. The zero-order valence-corrected chi connectivity index (χ0v) is 29.0. The molecular formula is C36H36Cl3N3O4S. The van der Waals surface area contributed by atoms with Crippen LogP contribution in [-0.4, -0.2) is 43.8 Å². The van der Waals surface area contributed by atoms with Gasteiger partial charge in [0.1, 0.15) is 12.6 Å². The summed E-state index contributed by atoms with van der Waals surface area (Å²) in [4.78, 5) is 30.2. The van der Waals surface area contributed by atoms with Crippen molar-refractivity contribution >= 4 is 62.3 Å². The smallest absolute Gasteiger partial charge is 0.264 e. The van der Waals surface area contributed by atoms with Gasteiger partial charge in [-0.25, -0.2) is 8.42 Å². The first-order valence-corrected chi connectivity index (χ1v) is 18.0. The predicted molar refractivity (Wildman–Crippen MR) is 189 cm³/mol. The monoisotopic (exact) mass is 711 g/mol. The molecule has 1 fully saturated rings. The standard InChI is InChI=1S/C36H36Cl3N3O4S/c1-25-8-7-13-31(20-25)42(47(45,46)32-18-16-28(37)17-19-32)24-35(43)41(23-27-14-15-29(38)22-33(27)39)34(21-26-9-3-2-4-10-26)36(44)40-30-11-5-6-12-30/h2-4,7-10,13-20,22,30,34H,5-6,11-12,21,23-24H2,1H3,(H,40,44). The van der Waals surface area contributed by atoms with Crippen LogP contribution in [0.1, 0.15) is 42.4 Å². The normalized spacial score (nSPS) is 14.0. The number of sulfonamides is 1. The zero-order chi connectivity index (χ0) is 33.6. The maximum Gasteiger partial charge on any atom is 0.264 e. The Morgan fingerprint density at radius 2 is 1.53 bits per heavy atom. The third-order valence-corrected chi connectivity index (χ3v) is 10.9. The van der Waals surface area contributed by atoms with Crippen LogP contribution in [0.25, 0.3) is 0 Å². The maximum absolute atomic E-state index is 14.6. The molecule has 0 spiro atoms. The van der Waals surface area contributed by atoms with Crippen molar-refractivity contribution < 1.29 is 18.0 Å². The predicted octanol–water partition coefficient (Wildman–Crippen LogP) is 7.85. The number of carbonyl (C=O) groups is 2. The van der Waals surface area contributed by atoms with Crippen molar-refractivity contribution in [3.05, 3.63) is 129 Å². The van der Waals surface area contributed by atoms with E-state index in [4.69, 9.17) is 34.8 Å². The molecule has 0 aromatic heterocycles. The molecule has 2 amide bonds. The molecule has 1 atom stereocenters. The summed E-state index contributed by atoms with van der Waals surface area (Å²) in [6.07, 6.45) is 3.98. The molecule has 246 valence electrons. The average molecular weight is 713 g/mol. The highest BCUT2D eigenvalue weighted by Crippen LogP contribution is 2.28. The molecule has 47 heavy (non-hydrogen) atoms. The van der Waals surface area contributed by atoms with Gasteiger partial charge in [0.2, 0.25) is 11.8 Å². The van der Waals surface area contributed by atoms with Crippen molar-refractivity contribution in [3.63, 3.8) is 0 Å². The van der Waals surface area contributed by atoms with Crippen LogP contribution >= 0.6 is 34.8 Å². The molecule has 5 rings (SSSR count). The van der Waals surface area contributed by atoms with Gasteiger partial charge in [0, 0.05) is 34.1 Å². The largest absolute Gasteiger partial charge is 0.352 e. The Hall–Kier alpha value is -3.56. The first kappa shape index (κ1) is 34.8. The number of aryl methyl sites for hydroxylation is 1. The fraction of sp³-hybridized carbons (Fsp3) is 0.278. The molecule has 4 aromatic carbocycles. The molecule has 0 saturated heterocycles. The molecule has 4 aromatic rings. The van der Waals surface area contributed by atoms with Crippen LogP contribution < -0.4 is 9.62 Å². The Morgan fingerprint density at radius 3 is 2.19 bits per heavy atom. The van der Waals surface area contributed by atoms with Gasteiger partial charge in [0.25, 0.3) is 10.0 Å². The van der Waals surface area contributed by atoms with Crippen molar-refractivity contribution in [2.75, 3.05) is 10.8 Å². The molecule has 1 saturated carbocycles. The van der Waals surface area contributed by atoms with Gasteiger partial charge in [-0.3, -0.25) is 13.9 Å². The minimum Gasteiger partial charge on any atom is -0.352 e. The van der Waals surface area contributed by atoms with Gasteiger partial charge in [0.05, 0.1) is 10.6 Å². The molecule has 1 aliphatic rings. The van der Waals surface area contributed by atoms with Crippen molar-refractivity contribution in [1.82, 2.24) is 10.2 Å². The second-order valence-electron chi connectivity index (χ2n) is 11.8. The number of hydrogen-bond donors (Lipinski definition) is 1. The maximum atomic E-state index is 14.6. The van der Waals surface area contributed by atoms with Gasteiger partial charge in [0.15, 0.2) is 0 Å². The average Bonchev–Trinajstić information content (AvgIpc) is 3.56. The Labute approximate surface area is 291 Å². The summed E-state index contributed by atoms with van der Waals surface area (Å²) in [5.41, 5.74) is 2.55. The molecule has 1 aliphatic carbocycles. The third kappa shape index (κ3) is 8.87. The molecule has 11 heteroatoms. The van der Waals surface area contributed by atoms with Crippen LogP contribution in [0.5, 0.6) is 0 Å². The van der Waals surface area contributed by atoms with Crippen molar-refractivity contribution in [2.45, 2.75) is 62.6 Å². The third-order valence-electron chi connectivity index (χ3n) is 8.30. The molecule has 0 bridgehead atoms. The van der Waals surface area contributed by atoms with E-state index in [1.165, 1.54) is 29.2 Å². The highest BCUT2D eigenvalue weighted by Gasteiger charge is 2.36. The van der Waals surface area contributed by atoms with E-state index in [2.05, 4.69) is 5.32 Å². The van der Waals surface area contributed by atoms with Crippen molar-refractivity contribution in [2.24, 2.45) is 0 Å². The number of anilines is 1. The Kier molecular flexibility index (Phi) is 11.5. The lowest BCUT2D eigenvalue weighted by molar-refractivity contribution is -0.140. The van der Waals surface area contributed by atoms with E-state index < -0.39 is 28.5 Å². The number of nitrogens with one attached hydrogen (secondary N) is 1. The summed E-state index contributed by atoms with van der Waals surface area (Å²) < 4.78 is 29.5. The van der Waals surface area contributed by atoms with Crippen LogP contribution in [0.2, 0.25) is 15.1 Å². The number of carbonyl (C=O) groups excluding carboxylic acids is 2. The first-order chi connectivity index (χ1) is 22.5. The van der Waals surface area contributed by atoms with Gasteiger partial charge in [-0.05, 0) is 85.0 Å². The van der Waals surface area contributed by atoms with E-state index in [0.717, 1.165) is 41.1 Å². The van der Waals surface area contributed by atoms with Crippen LogP contribution in [0.3, 0.4) is 0 Å². The van der Waals surface area contributed by atoms with E-state index in [9.17, 15) is 18.0 Å². The SMILES string of the molecule is Cc1cccc(N(CC(=O)N(Cc2ccc(Cl)cc2Cl)C(Cc2ccccc2)C(=O)NC2CCCC2)S(=O)(=O)c2ccc(Cl)cc2)c1. The topological polar surface area (TPSA) is 86.8 Å². The van der Waals surface area contributed by atoms with Gasteiger partial charge in [-0.15, -0.1) is 0 Å². The van der Waals surface area contributed by atoms with Crippen LogP contribution in [0.4, 0.5) is 5.69 Å². The summed E-state index contributed by atoms with van der Waals surface area (Å²) in [5, 5.41) is 4.30. The molecule has 1 N–H and O–H groups in total. The van der Waals surface area contributed by atoms with Gasteiger partial charge >= 0.3 is 0 Å². The number of benzene rings is 4. The van der Waals surface area contributed by atoms with Gasteiger partial charge in [-0.1, -0.05) is 96.2 Å². The van der Waals surface area contributed by atoms with Gasteiger partial charge in [-0.2, -0.15) is 0 Å². The molecule has 0 radical (unpaired) electrons. The lowest BCUT2D eigenvalue weighted by atomic mass is 10.0. The lowest BCUT2D eigenvalue weighted by Crippen LogP contribution is -2.54. The highest BCUT2D eigenvalue weighted by molar-refractivity contribution is 7.92. The number of rotatable bonds is 12. The van der Waals surface area contributed by atoms with Crippen LogP contribution in [0.15, 0.2) is 102 Å². The van der Waals surface area contributed by atoms with Gasteiger partial charge < -0.3 is 10.2 Å². The summed E-state index contributed by atoms with van der Waals surface area (Å²) >= 11 is 18.9. The quantitative estimate of drug-likeness (QED) is 0.162. The summed E-state index contributed by atoms with van der Waals surface area (Å²) in [6.45, 7) is 1.23. The fourth-order valence-corrected chi connectivity index (χ4v) is 7.80. The van der Waals surface area contributed by atoms with Crippen LogP contribution in [0, 0.1) is 6.92 Å². The van der Waals surface area contributed by atoms with E-state index in [-0.39, 0.29) is 29.8 Å². The zero-order valence-electron chi connectivity index (χ0n) is 25.9. The summed E-state index contributed by atoms with van der Waals surface area (Å²) in [6, 6.07) is 26.2. The van der Waals surface area contributed by atoms with Crippen LogP contribution in [-0.2, 0) is 32.6 Å².